The van der Waals surface area contributed by atoms with Crippen LogP contribution in [0.25, 0.3) is 0 Å². The van der Waals surface area contributed by atoms with Crippen molar-refractivity contribution in [3.8, 4) is 0 Å². The average molecular weight is 130 g/mol. The van der Waals surface area contributed by atoms with Gasteiger partial charge in [-0.25, -0.2) is 0 Å². The summed E-state index contributed by atoms with van der Waals surface area (Å²) < 4.78 is 4.29. The van der Waals surface area contributed by atoms with Gasteiger partial charge in [0.15, 0.2) is 6.29 Å². The van der Waals surface area contributed by atoms with E-state index in [1.54, 1.807) is 0 Å². The van der Waals surface area contributed by atoms with Crippen molar-refractivity contribution in [3.63, 3.8) is 0 Å². The van der Waals surface area contributed by atoms with E-state index >= 15 is 0 Å². The Kier molecular flexibility index (Phi) is 1.50. The largest absolute Gasteiger partial charge is 0.434 e. The highest BCUT2D eigenvalue weighted by Gasteiger charge is 2.27. The van der Waals surface area contributed by atoms with E-state index < -0.39 is 18.2 Å². The van der Waals surface area contributed by atoms with Crippen molar-refractivity contribution >= 4 is 5.97 Å². The second-order valence-corrected chi connectivity index (χ2v) is 1.70. The van der Waals surface area contributed by atoms with Crippen molar-refractivity contribution in [3.05, 3.63) is 12.3 Å². The predicted octanol–water partition coefficient (Wildman–Crippen LogP) is -1.02. The van der Waals surface area contributed by atoms with Crippen LogP contribution in [0.2, 0.25) is 0 Å². The molecule has 0 fully saturated rings. The fourth-order valence-corrected chi connectivity index (χ4v) is 0.569. The van der Waals surface area contributed by atoms with Crippen LogP contribution in [0.1, 0.15) is 0 Å². The first-order valence-corrected chi connectivity index (χ1v) is 2.45. The summed E-state index contributed by atoms with van der Waals surface area (Å²) in [6.07, 6.45) is 0.802. The molecule has 1 aliphatic heterocycles. The Labute approximate surface area is 51.4 Å². The van der Waals surface area contributed by atoms with E-state index in [1.165, 1.54) is 6.08 Å². The lowest BCUT2D eigenvalue weighted by molar-refractivity contribution is -0.150. The van der Waals surface area contributed by atoms with Crippen LogP contribution >= 0.6 is 0 Å². The highest BCUT2D eigenvalue weighted by molar-refractivity contribution is 5.77. The van der Waals surface area contributed by atoms with Gasteiger partial charge in [0.25, 0.3) is 0 Å². The number of carbonyl (C=O) groups is 1. The molecular weight excluding hydrogens is 124 g/mol. The van der Waals surface area contributed by atoms with Crippen LogP contribution in [0.3, 0.4) is 0 Å². The number of cyclic esters (lactones) is 1. The lowest BCUT2D eigenvalue weighted by Crippen LogP contribution is -2.23. The molecule has 1 aliphatic rings. The summed E-state index contributed by atoms with van der Waals surface area (Å²) in [5.41, 5.74) is 0. The number of ether oxygens (including phenoxy) is 1. The number of aliphatic hydroxyl groups is 2. The Balaban J connectivity index is 2.59. The summed E-state index contributed by atoms with van der Waals surface area (Å²) in [5.74, 6) is -1.52. The van der Waals surface area contributed by atoms with E-state index in [9.17, 15) is 4.79 Å². The molecule has 0 radical (unpaired) electrons. The van der Waals surface area contributed by atoms with Gasteiger partial charge in [-0.3, -0.25) is 4.79 Å². The molecule has 50 valence electrons. The molecule has 1 unspecified atom stereocenters. The van der Waals surface area contributed by atoms with Crippen LogP contribution in [0.15, 0.2) is 12.3 Å². The minimum absolute atomic E-state index is 0.620. The first-order valence-electron chi connectivity index (χ1n) is 2.45. The van der Waals surface area contributed by atoms with Crippen molar-refractivity contribution in [2.45, 2.75) is 6.29 Å². The molecule has 1 heterocycles. The Morgan fingerprint density at radius 1 is 1.67 bits per heavy atom. The molecule has 1 atom stereocenters. The first-order chi connectivity index (χ1) is 4.22. The van der Waals surface area contributed by atoms with Crippen LogP contribution in [-0.4, -0.2) is 22.5 Å². The average Bonchev–Trinajstić information content (AvgIpc) is 2.13. The zero-order valence-electron chi connectivity index (χ0n) is 4.52. The normalized spacial score (nSPS) is 25.2. The van der Waals surface area contributed by atoms with Gasteiger partial charge in [0.05, 0.1) is 6.26 Å². The maximum absolute atomic E-state index is 10.4. The van der Waals surface area contributed by atoms with E-state index in [4.69, 9.17) is 10.2 Å². The molecule has 2 N–H and O–H groups in total. The Morgan fingerprint density at radius 3 is 2.56 bits per heavy atom. The molecule has 4 heteroatoms. The smallest absolute Gasteiger partial charge is 0.322 e. The molecule has 1 rings (SSSR count). The molecule has 0 aromatic rings. The molecule has 0 bridgehead atoms. The monoisotopic (exact) mass is 130 g/mol. The van der Waals surface area contributed by atoms with E-state index in [0.29, 0.717) is 0 Å². The van der Waals surface area contributed by atoms with E-state index in [-0.39, 0.29) is 0 Å². The lowest BCUT2D eigenvalue weighted by Gasteiger charge is -2.04. The second kappa shape index (κ2) is 2.16. The van der Waals surface area contributed by atoms with E-state index in [1.807, 2.05) is 0 Å². The molecule has 0 aromatic carbocycles. The first kappa shape index (κ1) is 6.25. The van der Waals surface area contributed by atoms with Crippen LogP contribution in [0, 0.1) is 5.92 Å². The number of aliphatic hydroxyl groups excluding tert-OH is 1. The molecule has 0 aliphatic carbocycles. The third-order valence-corrected chi connectivity index (χ3v) is 1.06. The molecular formula is C5H6O4. The third-order valence-electron chi connectivity index (χ3n) is 1.06. The number of carbonyl (C=O) groups excluding carboxylic acids is 1. The third kappa shape index (κ3) is 1.09. The number of hydrogen-bond acceptors (Lipinski definition) is 4. The van der Waals surface area contributed by atoms with Gasteiger partial charge in [0.1, 0.15) is 5.92 Å². The molecule has 0 saturated heterocycles. The quantitative estimate of drug-likeness (QED) is 0.352. The van der Waals surface area contributed by atoms with Crippen molar-refractivity contribution < 1.29 is 19.7 Å². The fraction of sp³-hybridized carbons (Fsp3) is 0.400. The van der Waals surface area contributed by atoms with Crippen LogP contribution < -0.4 is 0 Å². The van der Waals surface area contributed by atoms with Crippen LogP contribution in [0.5, 0.6) is 0 Å². The zero-order valence-corrected chi connectivity index (χ0v) is 4.52. The maximum atomic E-state index is 10.4. The summed E-state index contributed by atoms with van der Waals surface area (Å²) in [6, 6.07) is 0. The summed E-state index contributed by atoms with van der Waals surface area (Å²) >= 11 is 0. The van der Waals surface area contributed by atoms with Crippen molar-refractivity contribution in [2.24, 2.45) is 5.92 Å². The highest BCUT2D eigenvalue weighted by Crippen LogP contribution is 2.12. The molecule has 0 saturated carbocycles. The van der Waals surface area contributed by atoms with Gasteiger partial charge < -0.3 is 14.9 Å². The second-order valence-electron chi connectivity index (χ2n) is 1.70. The van der Waals surface area contributed by atoms with Crippen LogP contribution in [-0.2, 0) is 9.53 Å². The molecule has 0 spiro atoms. The van der Waals surface area contributed by atoms with E-state index in [0.717, 1.165) is 6.26 Å². The zero-order chi connectivity index (χ0) is 6.85. The van der Waals surface area contributed by atoms with Gasteiger partial charge in [-0.1, -0.05) is 0 Å². The summed E-state index contributed by atoms with van der Waals surface area (Å²) in [7, 11) is 0. The van der Waals surface area contributed by atoms with Gasteiger partial charge in [-0.2, -0.15) is 0 Å². The van der Waals surface area contributed by atoms with Gasteiger partial charge >= 0.3 is 5.97 Å². The van der Waals surface area contributed by atoms with Crippen LogP contribution in [0.4, 0.5) is 0 Å². The molecule has 9 heavy (non-hydrogen) atoms. The predicted molar refractivity (Wildman–Crippen MR) is 26.9 cm³/mol. The van der Waals surface area contributed by atoms with Gasteiger partial charge in [0, 0.05) is 0 Å². The summed E-state index contributed by atoms with van der Waals surface area (Å²) in [5, 5.41) is 16.9. The van der Waals surface area contributed by atoms with Gasteiger partial charge in [0.2, 0.25) is 0 Å². The standard InChI is InChI=1S/C5H6O4/c6-4(7)3-1-2-9-5(3)8/h1-4,6-7H. The molecule has 0 aromatic heterocycles. The fourth-order valence-electron chi connectivity index (χ4n) is 0.569. The number of hydrogen-bond donors (Lipinski definition) is 2. The number of esters is 1. The van der Waals surface area contributed by atoms with Crippen molar-refractivity contribution in [2.75, 3.05) is 0 Å². The number of rotatable bonds is 1. The SMILES string of the molecule is O=C1OC=CC1C(O)O. The summed E-state index contributed by atoms with van der Waals surface area (Å²) in [4.78, 5) is 10.4. The van der Waals surface area contributed by atoms with Gasteiger partial charge in [-0.15, -0.1) is 0 Å². The Morgan fingerprint density at radius 2 is 2.33 bits per heavy atom. The molecule has 0 amide bonds. The topological polar surface area (TPSA) is 66.8 Å². The Bertz CT molecular complexity index is 149. The van der Waals surface area contributed by atoms with Crippen molar-refractivity contribution in [1.29, 1.82) is 0 Å². The van der Waals surface area contributed by atoms with E-state index in [2.05, 4.69) is 4.74 Å². The summed E-state index contributed by atoms with van der Waals surface area (Å²) in [6.45, 7) is 0. The molecule has 4 nitrogen and oxygen atoms in total. The maximum Gasteiger partial charge on any atom is 0.322 e. The minimum Gasteiger partial charge on any atom is -0.434 e. The minimum atomic E-state index is -1.64. The van der Waals surface area contributed by atoms with Crippen molar-refractivity contribution in [1.82, 2.24) is 0 Å². The lowest BCUT2D eigenvalue weighted by atomic mass is 10.1. The van der Waals surface area contributed by atoms with Gasteiger partial charge in [-0.05, 0) is 6.08 Å². The Hall–Kier alpha value is -0.870. The highest BCUT2D eigenvalue weighted by atomic mass is 16.5.